The van der Waals surface area contributed by atoms with Crippen LogP contribution in [-0.2, 0) is 19.1 Å². The van der Waals surface area contributed by atoms with E-state index in [0.29, 0.717) is 36.7 Å². The van der Waals surface area contributed by atoms with Crippen LogP contribution >= 0.6 is 0 Å². The number of rotatable bonds is 6. The highest BCUT2D eigenvalue weighted by molar-refractivity contribution is 5.87. The molecule has 5 aliphatic carbocycles. The number of nitrogens with zero attached hydrogens (tertiary/aromatic N) is 1. The zero-order valence-electron chi connectivity index (χ0n) is 20.0. The standard InChI is InChI=1S/C28H37NO5/c30-20-11-12-28(32)22-15-19-8-9-21(33-23(31)10-7-17-3-1-2-4-17)25-24(19)27(28,26(20)34-25)13-14-29(22)16-18-5-6-18/h8-9,17-19,22,24,26,32H,1-7,10-16H2/t19?,22?,24?,26-,27-,28+/m0/s1. The van der Waals surface area contributed by atoms with E-state index in [1.54, 1.807) is 0 Å². The molecule has 2 bridgehead atoms. The summed E-state index contributed by atoms with van der Waals surface area (Å²) in [5, 5.41) is 12.4. The van der Waals surface area contributed by atoms with E-state index in [2.05, 4.69) is 11.0 Å². The van der Waals surface area contributed by atoms with E-state index in [1.807, 2.05) is 6.08 Å². The van der Waals surface area contributed by atoms with Gasteiger partial charge in [-0.3, -0.25) is 14.5 Å². The number of Topliss-reactive ketones (excluding diaryl/α,β-unsaturated/α-hetero) is 1. The van der Waals surface area contributed by atoms with Crippen LogP contribution in [0.25, 0.3) is 0 Å². The summed E-state index contributed by atoms with van der Waals surface area (Å²) in [5.74, 6) is 2.59. The minimum atomic E-state index is -0.926. The maximum Gasteiger partial charge on any atom is 0.311 e. The Morgan fingerprint density at radius 3 is 2.79 bits per heavy atom. The molecule has 6 fully saturated rings. The van der Waals surface area contributed by atoms with Gasteiger partial charge in [0.25, 0.3) is 0 Å². The molecule has 0 radical (unpaired) electrons. The zero-order chi connectivity index (χ0) is 23.1. The first-order chi connectivity index (χ1) is 16.5. The number of esters is 1. The first kappa shape index (κ1) is 21.6. The van der Waals surface area contributed by atoms with Gasteiger partial charge in [0.2, 0.25) is 0 Å². The number of allylic oxidation sites excluding steroid dienone is 3. The number of likely N-dealkylation sites (tertiary alicyclic amines) is 1. The fourth-order valence-corrected chi connectivity index (χ4v) is 8.73. The summed E-state index contributed by atoms with van der Waals surface area (Å²) in [5.41, 5.74) is -1.53. The van der Waals surface area contributed by atoms with Crippen LogP contribution in [0.5, 0.6) is 0 Å². The number of carbonyl (C=O) groups excluding carboxylic acids is 2. The van der Waals surface area contributed by atoms with Gasteiger partial charge in [-0.25, -0.2) is 0 Å². The molecule has 34 heavy (non-hydrogen) atoms. The Kier molecular flexibility index (Phi) is 4.87. The maximum absolute atomic E-state index is 13.2. The average Bonchev–Trinajstić information content (AvgIpc) is 3.33. The van der Waals surface area contributed by atoms with E-state index in [1.165, 1.54) is 38.5 Å². The summed E-state index contributed by atoms with van der Waals surface area (Å²) >= 11 is 0. The Labute approximate surface area is 201 Å². The molecule has 0 aromatic rings. The van der Waals surface area contributed by atoms with Crippen molar-refractivity contribution in [2.75, 3.05) is 13.1 Å². The SMILES string of the molecule is O=C(CCC1CCCC1)OC1=C2O[C@H]3C(=O)CC[C@@]4(O)C5CC(C=C1)C2[C@@]34CCN5CC1CC1. The summed E-state index contributed by atoms with van der Waals surface area (Å²) < 4.78 is 12.3. The lowest BCUT2D eigenvalue weighted by atomic mass is 9.44. The van der Waals surface area contributed by atoms with Crippen molar-refractivity contribution in [1.29, 1.82) is 0 Å². The van der Waals surface area contributed by atoms with Gasteiger partial charge >= 0.3 is 5.97 Å². The lowest BCUT2D eigenvalue weighted by Crippen LogP contribution is -2.76. The second kappa shape index (κ2) is 7.67. The number of hydrogen-bond donors (Lipinski definition) is 1. The van der Waals surface area contributed by atoms with Crippen molar-refractivity contribution in [2.45, 2.75) is 94.8 Å². The molecule has 0 aromatic carbocycles. The van der Waals surface area contributed by atoms with Gasteiger partial charge in [0.05, 0.1) is 11.0 Å². The molecule has 6 atom stereocenters. The summed E-state index contributed by atoms with van der Waals surface area (Å²) in [6.07, 6.45) is 14.9. The second-order valence-electron chi connectivity index (χ2n) is 12.3. The summed E-state index contributed by atoms with van der Waals surface area (Å²) in [4.78, 5) is 28.5. The van der Waals surface area contributed by atoms with Gasteiger partial charge in [-0.05, 0) is 68.9 Å². The van der Waals surface area contributed by atoms with Crippen molar-refractivity contribution in [3.63, 3.8) is 0 Å². The lowest BCUT2D eigenvalue weighted by Gasteiger charge is -2.65. The first-order valence-electron chi connectivity index (χ1n) is 13.8. The zero-order valence-corrected chi connectivity index (χ0v) is 20.0. The van der Waals surface area contributed by atoms with Gasteiger partial charge in [0.1, 0.15) is 5.76 Å². The van der Waals surface area contributed by atoms with Crippen molar-refractivity contribution >= 4 is 11.8 Å². The van der Waals surface area contributed by atoms with Crippen molar-refractivity contribution in [2.24, 2.45) is 29.1 Å². The van der Waals surface area contributed by atoms with Crippen molar-refractivity contribution < 1.29 is 24.2 Å². The van der Waals surface area contributed by atoms with Crippen LogP contribution < -0.4 is 0 Å². The van der Waals surface area contributed by atoms with E-state index < -0.39 is 17.1 Å². The van der Waals surface area contributed by atoms with Crippen LogP contribution in [0.1, 0.15) is 77.0 Å². The predicted octanol–water partition coefficient (Wildman–Crippen LogP) is 3.88. The minimum absolute atomic E-state index is 0.0711. The van der Waals surface area contributed by atoms with Gasteiger partial charge in [0.15, 0.2) is 17.6 Å². The highest BCUT2D eigenvalue weighted by Crippen LogP contribution is 2.69. The van der Waals surface area contributed by atoms with E-state index in [4.69, 9.17) is 9.47 Å². The predicted molar refractivity (Wildman–Crippen MR) is 124 cm³/mol. The van der Waals surface area contributed by atoms with Crippen molar-refractivity contribution in [3.05, 3.63) is 23.7 Å². The topological polar surface area (TPSA) is 76.1 Å². The van der Waals surface area contributed by atoms with Gasteiger partial charge < -0.3 is 14.6 Å². The van der Waals surface area contributed by atoms with Gasteiger partial charge in [-0.2, -0.15) is 0 Å². The molecular weight excluding hydrogens is 430 g/mol. The summed E-state index contributed by atoms with van der Waals surface area (Å²) in [7, 11) is 0. The summed E-state index contributed by atoms with van der Waals surface area (Å²) in [6.45, 7) is 1.98. The molecule has 0 aromatic heterocycles. The normalized spacial score (nSPS) is 43.1. The molecule has 0 amide bonds. The number of carbonyl (C=O) groups is 2. The lowest BCUT2D eigenvalue weighted by molar-refractivity contribution is -0.244. The van der Waals surface area contributed by atoms with Gasteiger partial charge in [-0.1, -0.05) is 31.8 Å². The summed E-state index contributed by atoms with van der Waals surface area (Å²) in [6, 6.07) is 0.0711. The van der Waals surface area contributed by atoms with Crippen LogP contribution in [0.15, 0.2) is 23.7 Å². The Morgan fingerprint density at radius 2 is 2.00 bits per heavy atom. The Morgan fingerprint density at radius 1 is 1.18 bits per heavy atom. The van der Waals surface area contributed by atoms with Crippen LogP contribution in [0.3, 0.4) is 0 Å². The molecule has 3 unspecified atom stereocenters. The fourth-order valence-electron chi connectivity index (χ4n) is 8.73. The molecule has 1 N–H and O–H groups in total. The minimum Gasteiger partial charge on any atom is -0.482 e. The average molecular weight is 468 g/mol. The van der Waals surface area contributed by atoms with E-state index >= 15 is 0 Å². The van der Waals surface area contributed by atoms with Crippen molar-refractivity contribution in [3.8, 4) is 0 Å². The number of ketones is 1. The molecular formula is C28H37NO5. The monoisotopic (exact) mass is 467 g/mol. The largest absolute Gasteiger partial charge is 0.482 e. The van der Waals surface area contributed by atoms with Gasteiger partial charge in [0, 0.05) is 31.3 Å². The highest BCUT2D eigenvalue weighted by atomic mass is 16.6. The molecule has 6 heteroatoms. The second-order valence-corrected chi connectivity index (χ2v) is 12.3. The molecule has 1 spiro atoms. The molecule has 6 nitrogen and oxygen atoms in total. The smallest absolute Gasteiger partial charge is 0.311 e. The number of ether oxygens (including phenoxy) is 2. The molecule has 7 aliphatic rings. The third-order valence-corrected chi connectivity index (χ3v) is 10.5. The number of aliphatic hydroxyl groups is 1. The molecule has 7 rings (SSSR count). The van der Waals surface area contributed by atoms with E-state index in [-0.39, 0.29) is 29.6 Å². The Hall–Kier alpha value is -1.66. The Balaban J connectivity index is 1.19. The highest BCUT2D eigenvalue weighted by Gasteiger charge is 2.77. The Bertz CT molecular complexity index is 962. The molecule has 184 valence electrons. The maximum atomic E-state index is 13.2. The fraction of sp³-hybridized carbons (Fsp3) is 0.786. The molecule has 2 saturated heterocycles. The quantitative estimate of drug-likeness (QED) is 0.598. The van der Waals surface area contributed by atoms with Crippen LogP contribution in [0.2, 0.25) is 0 Å². The third kappa shape index (κ3) is 3.00. The molecule has 4 saturated carbocycles. The number of hydrogen-bond acceptors (Lipinski definition) is 6. The first-order valence-corrected chi connectivity index (χ1v) is 13.8. The van der Waals surface area contributed by atoms with E-state index in [0.717, 1.165) is 38.3 Å². The molecule has 2 aliphatic heterocycles. The van der Waals surface area contributed by atoms with Crippen LogP contribution in [0.4, 0.5) is 0 Å². The van der Waals surface area contributed by atoms with Gasteiger partial charge in [-0.15, -0.1) is 0 Å². The molecule has 2 heterocycles. The number of piperidine rings is 1. The third-order valence-electron chi connectivity index (χ3n) is 10.5. The van der Waals surface area contributed by atoms with E-state index in [9.17, 15) is 14.7 Å². The van der Waals surface area contributed by atoms with Crippen LogP contribution in [-0.4, -0.2) is 52.6 Å². The van der Waals surface area contributed by atoms with Crippen molar-refractivity contribution in [1.82, 2.24) is 4.90 Å². The van der Waals surface area contributed by atoms with Crippen LogP contribution in [0, 0.1) is 29.1 Å².